The number of hydrogen-bond acceptors (Lipinski definition) is 2. The molecule has 3 aliphatic rings. The van der Waals surface area contributed by atoms with E-state index in [-0.39, 0.29) is 16.2 Å². The van der Waals surface area contributed by atoms with Gasteiger partial charge in [0.25, 0.3) is 0 Å². The first-order chi connectivity index (χ1) is 59.7. The molecule has 2 aromatic heterocycles. The van der Waals surface area contributed by atoms with Gasteiger partial charge in [-0.15, -0.1) is 22.7 Å². The van der Waals surface area contributed by atoms with Gasteiger partial charge in [-0.3, -0.25) is 0 Å². The zero-order valence-corrected chi connectivity index (χ0v) is 84.9. The summed E-state index contributed by atoms with van der Waals surface area (Å²) in [5, 5.41) is 5.27. The van der Waals surface area contributed by atoms with E-state index < -0.39 is 0 Å². The fourth-order valence-electron chi connectivity index (χ4n) is 24.4. The molecule has 2 aromatic carbocycles. The third-order valence-corrected chi connectivity index (χ3v) is 33.6. The Morgan fingerprint density at radius 3 is 0.545 bits per heavy atom. The van der Waals surface area contributed by atoms with Crippen molar-refractivity contribution in [2.75, 3.05) is 0 Å². The minimum absolute atomic E-state index is 0.0109. The Morgan fingerprint density at radius 1 is 0.182 bits per heavy atom. The molecule has 0 bridgehead atoms. The predicted molar refractivity (Wildman–Crippen MR) is 550 cm³/mol. The molecule has 694 valence electrons. The topological polar surface area (TPSA) is 0 Å². The fourth-order valence-corrected chi connectivity index (χ4v) is 26.5. The fraction of sp³-hybridized carbons (Fsp3) is 0.832. The molecule has 2 heteroatoms. The molecular weight excluding hydrogens is 1490 g/mol. The molecule has 0 fully saturated rings. The molecule has 121 heavy (non-hydrogen) atoms. The molecule has 7 rings (SSSR count). The summed E-state index contributed by atoms with van der Waals surface area (Å²) in [4.78, 5) is 3.42. The Hall–Kier alpha value is -2.16. The second-order valence-corrected chi connectivity index (χ2v) is 43.9. The van der Waals surface area contributed by atoms with Crippen molar-refractivity contribution in [2.24, 2.45) is 23.7 Å². The van der Waals surface area contributed by atoms with E-state index in [9.17, 15) is 0 Å². The smallest absolute Gasteiger partial charge is 0.0387 e. The van der Waals surface area contributed by atoms with Gasteiger partial charge in [-0.05, 0) is 165 Å². The van der Waals surface area contributed by atoms with Crippen molar-refractivity contribution in [2.45, 2.75) is 612 Å². The summed E-state index contributed by atoms with van der Waals surface area (Å²) in [6.07, 6.45) is 116. The van der Waals surface area contributed by atoms with Crippen LogP contribution in [0.4, 0.5) is 0 Å². The van der Waals surface area contributed by atoms with Crippen molar-refractivity contribution in [1.82, 2.24) is 0 Å². The normalized spacial score (nSPS) is 16.6. The zero-order valence-electron chi connectivity index (χ0n) is 83.2. The van der Waals surface area contributed by atoms with Crippen molar-refractivity contribution in [3.05, 3.63) is 80.5 Å². The highest BCUT2D eigenvalue weighted by Crippen LogP contribution is 2.66. The number of rotatable bonds is 86. The number of hydrogen-bond donors (Lipinski definition) is 0. The van der Waals surface area contributed by atoms with E-state index in [0.29, 0.717) is 0 Å². The third-order valence-electron chi connectivity index (χ3n) is 31.7. The van der Waals surface area contributed by atoms with Gasteiger partial charge in [0.15, 0.2) is 0 Å². The van der Waals surface area contributed by atoms with Crippen LogP contribution >= 0.6 is 22.7 Å². The summed E-state index contributed by atoms with van der Waals surface area (Å²) < 4.78 is 0. The molecule has 0 aliphatic heterocycles. The average Bonchev–Trinajstić information content (AvgIpc) is 1.51. The average molecular weight is 1700 g/mol. The molecular formula is C119H206S2. The molecule has 0 spiro atoms. The van der Waals surface area contributed by atoms with E-state index in [1.807, 2.05) is 11.1 Å². The van der Waals surface area contributed by atoms with E-state index >= 15 is 0 Å². The second kappa shape index (κ2) is 66.2. The first kappa shape index (κ1) is 106. The van der Waals surface area contributed by atoms with Crippen LogP contribution in [0.15, 0.2) is 47.2 Å². The Bertz CT molecular complexity index is 2810. The lowest BCUT2D eigenvalue weighted by atomic mass is 9.64. The molecule has 3 aliphatic carbocycles. The largest absolute Gasteiger partial charge is 0.143 e. The van der Waals surface area contributed by atoms with Crippen molar-refractivity contribution >= 4 is 22.7 Å². The summed E-state index contributed by atoms with van der Waals surface area (Å²) in [5.41, 5.74) is 17.9. The molecule has 4 atom stereocenters. The highest BCUT2D eigenvalue weighted by molar-refractivity contribution is 7.14. The monoisotopic (exact) mass is 1700 g/mol. The summed E-state index contributed by atoms with van der Waals surface area (Å²) in [7, 11) is 0. The van der Waals surface area contributed by atoms with Gasteiger partial charge in [-0.2, -0.15) is 0 Å². The van der Waals surface area contributed by atoms with Crippen LogP contribution in [-0.4, -0.2) is 0 Å². The van der Waals surface area contributed by atoms with E-state index in [2.05, 4.69) is 139 Å². The maximum Gasteiger partial charge on any atom is 0.0387 e. The summed E-state index contributed by atoms with van der Waals surface area (Å²) in [6, 6.07) is 18.1. The van der Waals surface area contributed by atoms with E-state index in [4.69, 9.17) is 0 Å². The third kappa shape index (κ3) is 36.6. The van der Waals surface area contributed by atoms with Gasteiger partial charge in [-0.1, -0.05) is 557 Å². The molecule has 0 nitrogen and oxygen atoms in total. The minimum atomic E-state index is 0.0109. The van der Waals surface area contributed by atoms with Gasteiger partial charge >= 0.3 is 0 Å². The van der Waals surface area contributed by atoms with Gasteiger partial charge in [0.05, 0.1) is 0 Å². The van der Waals surface area contributed by atoms with Crippen molar-refractivity contribution in [1.29, 1.82) is 0 Å². The Kier molecular flexibility index (Phi) is 58.0. The van der Waals surface area contributed by atoms with Crippen LogP contribution in [0, 0.1) is 23.7 Å². The summed E-state index contributed by atoms with van der Waals surface area (Å²) >= 11 is 4.38. The lowest BCUT2D eigenvalue weighted by molar-refractivity contribution is 0.250. The lowest BCUT2D eigenvalue weighted by Gasteiger charge is -2.39. The second-order valence-electron chi connectivity index (χ2n) is 42.1. The molecule has 0 saturated heterocycles. The van der Waals surface area contributed by atoms with Crippen molar-refractivity contribution in [3.63, 3.8) is 0 Å². The number of fused-ring (bicyclic) bond motifs is 9. The van der Waals surface area contributed by atoms with Gasteiger partial charge in [0, 0.05) is 26.0 Å². The Morgan fingerprint density at radius 2 is 0.347 bits per heavy atom. The highest BCUT2D eigenvalue weighted by atomic mass is 32.1. The first-order valence-electron chi connectivity index (χ1n) is 56.3. The molecule has 4 aromatic rings. The SMILES string of the molecule is CCCCCCCCCCC(CCCCCCCC)CC1(CC(CCCCCCCC)CCCCCCCCCC)c2cc3c(cc2-c2sccc21)C(CCCCCCCC)(CCCCCCCC)c1cc2c(cc1-3)C(CC(CCCCCCCC)CCCCCCCCCC)(CC(CCCCCCCC)CCCCCCCCCC)c1ccsc1-2. The predicted octanol–water partition coefficient (Wildman–Crippen LogP) is 43.3. The van der Waals surface area contributed by atoms with Crippen molar-refractivity contribution in [3.8, 4) is 32.0 Å². The van der Waals surface area contributed by atoms with Gasteiger partial charge in [0.1, 0.15) is 0 Å². The Labute approximate surface area is 765 Å². The van der Waals surface area contributed by atoms with Gasteiger partial charge < -0.3 is 0 Å². The van der Waals surface area contributed by atoms with Crippen LogP contribution in [0.5, 0.6) is 0 Å². The molecule has 4 unspecified atom stereocenters. The Balaban J connectivity index is 1.52. The molecule has 0 saturated carbocycles. The zero-order chi connectivity index (χ0) is 85.8. The lowest BCUT2D eigenvalue weighted by Crippen LogP contribution is -2.32. The number of thiophene rings is 2. The van der Waals surface area contributed by atoms with E-state index in [1.165, 1.54) is 527 Å². The maximum atomic E-state index is 3.16. The van der Waals surface area contributed by atoms with Crippen LogP contribution < -0.4 is 0 Å². The molecule has 0 radical (unpaired) electrons. The van der Waals surface area contributed by atoms with E-state index in [0.717, 1.165) is 23.7 Å². The van der Waals surface area contributed by atoms with Crippen LogP contribution in [0.1, 0.15) is 629 Å². The number of benzene rings is 2. The van der Waals surface area contributed by atoms with Crippen LogP contribution in [0.25, 0.3) is 32.0 Å². The van der Waals surface area contributed by atoms with Gasteiger partial charge in [0.2, 0.25) is 0 Å². The summed E-state index contributed by atoms with van der Waals surface area (Å²) in [6.45, 7) is 24.1. The minimum Gasteiger partial charge on any atom is -0.143 e. The first-order valence-corrected chi connectivity index (χ1v) is 58.0. The van der Waals surface area contributed by atoms with Crippen molar-refractivity contribution < 1.29 is 0 Å². The molecule has 2 heterocycles. The molecule has 0 amide bonds. The highest BCUT2D eigenvalue weighted by Gasteiger charge is 2.53. The molecule has 0 N–H and O–H groups in total. The number of unbranched alkanes of at least 4 members (excludes halogenated alkanes) is 58. The van der Waals surface area contributed by atoms with Crippen LogP contribution in [0.2, 0.25) is 0 Å². The maximum absolute atomic E-state index is 3.16. The summed E-state index contributed by atoms with van der Waals surface area (Å²) in [5.74, 6) is 3.04. The van der Waals surface area contributed by atoms with Crippen LogP contribution in [0.3, 0.4) is 0 Å². The van der Waals surface area contributed by atoms with E-state index in [1.54, 1.807) is 54.3 Å². The standard InChI is InChI=1S/C119H206S2/c1-11-21-31-41-51-55-63-73-83-101(79-69-59-45-35-25-15-5)97-118(98-102(80-70-60-46-36-26-16-6)84-74-64-56-52-42-32-22-12-2)109-87-91-120-115(109)107-95-111-105(93-113(107)118)106-94-114-108(96-112(106)117(111,89-77-67-49-39-29-19-9)90-78-68-50-40-30-20-10)116-110(88-92-121-116)119(114,99-103(81-71-61-47-37-27-17-7)85-75-65-57-53-43-33-23-13-3)100-104(82-72-62-48-38-28-18-8)86-76-66-58-54-44-34-24-14-4/h87-88,91-96,101-104H,11-86,89-90,97-100H2,1-10H3. The van der Waals surface area contributed by atoms with Crippen LogP contribution in [-0.2, 0) is 16.2 Å². The quantitative estimate of drug-likeness (QED) is 0.0387. The van der Waals surface area contributed by atoms with Gasteiger partial charge in [-0.25, -0.2) is 0 Å².